The van der Waals surface area contributed by atoms with E-state index in [0.29, 0.717) is 50.5 Å². The number of alkyl halides is 3. The van der Waals surface area contributed by atoms with Crippen LogP contribution < -0.4 is 15.0 Å². The summed E-state index contributed by atoms with van der Waals surface area (Å²) in [7, 11) is 1.64. The van der Waals surface area contributed by atoms with Crippen LogP contribution in [0, 0.1) is 17.8 Å². The Hall–Kier alpha value is -3.41. The number of hydrogen-bond donors (Lipinski definition) is 2. The SMILES string of the molecule is COCCCCOc1ccc2c(c1)CCN2c1ncc(C(=O)NC2(C(=O)O)CC3CC(C)CC2C3)c(C(F)(F)F)n1. The Balaban J connectivity index is 1.37. The van der Waals surface area contributed by atoms with Crippen LogP contribution in [0.2, 0.25) is 0 Å². The van der Waals surface area contributed by atoms with Crippen LogP contribution in [0.4, 0.5) is 24.8 Å². The molecular formula is C29H35F3N4O5. The highest BCUT2D eigenvalue weighted by Crippen LogP contribution is 2.50. The molecule has 9 nitrogen and oxygen atoms in total. The van der Waals surface area contributed by atoms with Crippen LogP contribution in [0.15, 0.2) is 24.4 Å². The van der Waals surface area contributed by atoms with E-state index in [4.69, 9.17) is 9.47 Å². The lowest BCUT2D eigenvalue weighted by Crippen LogP contribution is -2.57. The van der Waals surface area contributed by atoms with E-state index in [9.17, 15) is 27.9 Å². The molecule has 3 aliphatic rings. The zero-order valence-electron chi connectivity index (χ0n) is 23.2. The maximum atomic E-state index is 14.2. The topological polar surface area (TPSA) is 114 Å². The second kappa shape index (κ2) is 11.5. The van der Waals surface area contributed by atoms with Crippen LogP contribution >= 0.6 is 0 Å². The summed E-state index contributed by atoms with van der Waals surface area (Å²) in [5.74, 6) is -1.79. The minimum absolute atomic E-state index is 0.109. The lowest BCUT2D eigenvalue weighted by molar-refractivity contribution is -0.146. The lowest BCUT2D eigenvalue weighted by Gasteiger charge is -2.33. The van der Waals surface area contributed by atoms with Crippen LogP contribution in [-0.4, -0.2) is 59.4 Å². The zero-order chi connectivity index (χ0) is 29.4. The Morgan fingerprint density at radius 1 is 1.20 bits per heavy atom. The van der Waals surface area contributed by atoms with Crippen molar-refractivity contribution < 1.29 is 37.3 Å². The number of methoxy groups -OCH3 is 1. The quantitative estimate of drug-likeness (QED) is 0.380. The molecular weight excluding hydrogens is 541 g/mol. The monoisotopic (exact) mass is 576 g/mol. The Bertz CT molecular complexity index is 1310. The van der Waals surface area contributed by atoms with Gasteiger partial charge in [0, 0.05) is 32.1 Å². The first-order valence-electron chi connectivity index (χ1n) is 14.0. The second-order valence-electron chi connectivity index (χ2n) is 11.5. The van der Waals surface area contributed by atoms with Gasteiger partial charge < -0.3 is 24.8 Å². The summed E-state index contributed by atoms with van der Waals surface area (Å²) >= 11 is 0. The molecule has 5 rings (SSSR count). The minimum Gasteiger partial charge on any atom is -0.494 e. The standard InChI is InChI=1S/C29H35F3N4O5/c1-17-11-18-13-20(12-17)28(15-18,26(38)39)35-25(37)22-16-33-27(34-24(22)29(30,31)32)36-8-7-19-14-21(5-6-23(19)36)41-10-4-3-9-40-2/h5-6,14,16-18,20H,3-4,7-13,15H2,1-2H3,(H,35,37)(H,38,39). The molecule has 1 aromatic carbocycles. The number of unbranched alkanes of at least 4 members (excludes halogenated alkanes) is 1. The summed E-state index contributed by atoms with van der Waals surface area (Å²) in [6, 6.07) is 5.38. The van der Waals surface area contributed by atoms with Crippen molar-refractivity contribution in [1.29, 1.82) is 0 Å². The van der Waals surface area contributed by atoms with Crippen LogP contribution in [0.3, 0.4) is 0 Å². The fraction of sp³-hybridized carbons (Fsp3) is 0.586. The molecule has 2 aromatic rings. The number of anilines is 2. The molecule has 2 N–H and O–H groups in total. The molecule has 4 unspecified atom stereocenters. The maximum absolute atomic E-state index is 14.2. The number of carbonyl (C=O) groups is 2. The summed E-state index contributed by atoms with van der Waals surface area (Å²) in [6.07, 6.45) is 0.440. The van der Waals surface area contributed by atoms with Crippen LogP contribution in [0.1, 0.15) is 67.1 Å². The Morgan fingerprint density at radius 3 is 2.71 bits per heavy atom. The number of ether oxygens (including phenoxy) is 2. The van der Waals surface area contributed by atoms with Gasteiger partial charge in [-0.2, -0.15) is 13.2 Å². The van der Waals surface area contributed by atoms with E-state index < -0.39 is 34.8 Å². The summed E-state index contributed by atoms with van der Waals surface area (Å²) in [5, 5.41) is 12.6. The van der Waals surface area contributed by atoms with E-state index in [1.54, 1.807) is 24.1 Å². The number of nitrogens with zero attached hydrogens (tertiary/aromatic N) is 3. The molecule has 2 aliphatic carbocycles. The molecule has 12 heteroatoms. The number of carboxylic acid groups (broad SMARTS) is 1. The van der Waals surface area contributed by atoms with Gasteiger partial charge in [0.15, 0.2) is 5.69 Å². The molecule has 0 radical (unpaired) electrons. The van der Waals surface area contributed by atoms with Gasteiger partial charge in [0.25, 0.3) is 5.91 Å². The van der Waals surface area contributed by atoms with Gasteiger partial charge in [-0.1, -0.05) is 6.92 Å². The Labute approximate surface area is 236 Å². The number of benzene rings is 1. The zero-order valence-corrected chi connectivity index (χ0v) is 23.2. The number of aliphatic carboxylic acids is 1. The number of carbonyl (C=O) groups excluding carboxylic acids is 1. The number of carboxylic acids is 1. The second-order valence-corrected chi connectivity index (χ2v) is 11.5. The molecule has 4 atom stereocenters. The summed E-state index contributed by atoms with van der Waals surface area (Å²) < 4.78 is 53.5. The van der Waals surface area contributed by atoms with Gasteiger partial charge in [0.2, 0.25) is 5.95 Å². The van der Waals surface area contributed by atoms with E-state index in [1.165, 1.54) is 0 Å². The molecule has 222 valence electrons. The van der Waals surface area contributed by atoms with Crippen molar-refractivity contribution in [2.75, 3.05) is 31.8 Å². The largest absolute Gasteiger partial charge is 0.494 e. The predicted octanol–water partition coefficient (Wildman–Crippen LogP) is 5.00. The summed E-state index contributed by atoms with van der Waals surface area (Å²) in [5.41, 5.74) is -2.22. The number of halogens is 3. The number of rotatable bonds is 10. The molecule has 2 saturated carbocycles. The van der Waals surface area contributed by atoms with Crippen LogP contribution in [0.5, 0.6) is 5.75 Å². The first-order chi connectivity index (χ1) is 19.5. The lowest BCUT2D eigenvalue weighted by atomic mass is 9.78. The predicted molar refractivity (Wildman–Crippen MR) is 143 cm³/mol. The average Bonchev–Trinajstić information content (AvgIpc) is 3.45. The van der Waals surface area contributed by atoms with Crippen molar-refractivity contribution in [2.45, 2.75) is 63.6 Å². The van der Waals surface area contributed by atoms with Gasteiger partial charge in [-0.15, -0.1) is 0 Å². The summed E-state index contributed by atoms with van der Waals surface area (Å²) in [4.78, 5) is 35.2. The van der Waals surface area contributed by atoms with Crippen molar-refractivity contribution in [2.24, 2.45) is 17.8 Å². The first-order valence-corrected chi connectivity index (χ1v) is 14.0. The number of fused-ring (bicyclic) bond motifs is 3. The number of aromatic nitrogens is 2. The highest BCUT2D eigenvalue weighted by atomic mass is 19.4. The van der Waals surface area contributed by atoms with Gasteiger partial charge in [-0.3, -0.25) is 4.79 Å². The third-order valence-electron chi connectivity index (χ3n) is 8.55. The van der Waals surface area contributed by atoms with Crippen molar-refractivity contribution in [3.8, 4) is 5.75 Å². The molecule has 2 bridgehead atoms. The van der Waals surface area contributed by atoms with Crippen molar-refractivity contribution in [3.63, 3.8) is 0 Å². The minimum atomic E-state index is -4.95. The average molecular weight is 577 g/mol. The van der Waals surface area contributed by atoms with Gasteiger partial charge in [-0.25, -0.2) is 14.8 Å². The molecule has 1 aliphatic heterocycles. The smallest absolute Gasteiger partial charge is 0.434 e. The highest BCUT2D eigenvalue weighted by molar-refractivity contribution is 5.99. The first kappa shape index (κ1) is 29.1. The fourth-order valence-corrected chi connectivity index (χ4v) is 6.77. The van der Waals surface area contributed by atoms with Gasteiger partial charge >= 0.3 is 12.1 Å². The fourth-order valence-electron chi connectivity index (χ4n) is 6.77. The van der Waals surface area contributed by atoms with Crippen molar-refractivity contribution >= 4 is 23.5 Å². The van der Waals surface area contributed by atoms with Gasteiger partial charge in [0.1, 0.15) is 11.3 Å². The molecule has 2 heterocycles. The third-order valence-corrected chi connectivity index (χ3v) is 8.55. The highest BCUT2D eigenvalue weighted by Gasteiger charge is 2.56. The van der Waals surface area contributed by atoms with E-state index in [-0.39, 0.29) is 30.1 Å². The van der Waals surface area contributed by atoms with Gasteiger partial charge in [-0.05, 0) is 86.5 Å². The normalized spacial score (nSPS) is 25.2. The van der Waals surface area contributed by atoms with Crippen molar-refractivity contribution in [3.05, 3.63) is 41.2 Å². The summed E-state index contributed by atoms with van der Waals surface area (Å²) in [6.45, 7) is 3.57. The number of hydrogen-bond acceptors (Lipinski definition) is 7. The van der Waals surface area contributed by atoms with E-state index in [1.807, 2.05) is 13.0 Å². The molecule has 0 saturated heterocycles. The van der Waals surface area contributed by atoms with Crippen LogP contribution in [0.25, 0.3) is 0 Å². The maximum Gasteiger partial charge on any atom is 0.434 e. The molecule has 41 heavy (non-hydrogen) atoms. The van der Waals surface area contributed by atoms with Gasteiger partial charge in [0.05, 0.1) is 12.2 Å². The number of amides is 1. The Kier molecular flexibility index (Phi) is 8.13. The third kappa shape index (κ3) is 5.84. The van der Waals surface area contributed by atoms with E-state index >= 15 is 0 Å². The molecule has 1 aromatic heterocycles. The molecule has 1 amide bonds. The number of nitrogens with one attached hydrogen (secondary N) is 1. The Morgan fingerprint density at radius 2 is 1.98 bits per heavy atom. The van der Waals surface area contributed by atoms with E-state index in [2.05, 4.69) is 15.3 Å². The van der Waals surface area contributed by atoms with Crippen LogP contribution in [-0.2, 0) is 22.1 Å². The molecule has 0 spiro atoms. The van der Waals surface area contributed by atoms with Crippen molar-refractivity contribution in [1.82, 2.24) is 15.3 Å². The van der Waals surface area contributed by atoms with E-state index in [0.717, 1.165) is 31.0 Å². The molecule has 2 fully saturated rings.